The largest absolute Gasteiger partial charge is 0.310 e. The number of nitrogens with zero attached hydrogens (tertiary/aromatic N) is 2. The molecule has 1 unspecified atom stereocenters. The van der Waals surface area contributed by atoms with E-state index in [2.05, 4.69) is 0 Å². The van der Waals surface area contributed by atoms with Gasteiger partial charge in [-0.15, -0.1) is 11.6 Å². The highest BCUT2D eigenvalue weighted by atomic mass is 35.5. The third-order valence-electron chi connectivity index (χ3n) is 1.34. The van der Waals surface area contributed by atoms with Gasteiger partial charge in [-0.05, 0) is 7.05 Å². The average Bonchev–Trinajstić information content (AvgIpc) is 1.86. The minimum absolute atomic E-state index is 0.243. The van der Waals surface area contributed by atoms with Crippen LogP contribution in [0, 0.1) is 10.1 Å². The summed E-state index contributed by atoms with van der Waals surface area (Å²) in [5, 5.41) is 9.98. The highest BCUT2D eigenvalue weighted by Crippen LogP contribution is 1.90. The van der Waals surface area contributed by atoms with Crippen LogP contribution in [0.2, 0.25) is 0 Å². The number of hydrogen-bond donors (Lipinski definition) is 1. The Morgan fingerprint density at radius 1 is 1.82 bits per heavy atom. The smallest absolute Gasteiger partial charge is 0.231 e. The molecule has 0 fully saturated rings. The van der Waals surface area contributed by atoms with E-state index in [-0.39, 0.29) is 6.54 Å². The summed E-state index contributed by atoms with van der Waals surface area (Å²) in [6.07, 6.45) is -0.538. The first-order valence-corrected chi connectivity index (χ1v) is 3.75. The van der Waals surface area contributed by atoms with E-state index in [9.17, 15) is 10.1 Å². The Morgan fingerprint density at radius 3 is 2.73 bits per heavy atom. The van der Waals surface area contributed by atoms with Crippen LogP contribution in [0.25, 0.3) is 0 Å². The van der Waals surface area contributed by atoms with E-state index >= 15 is 0 Å². The lowest BCUT2D eigenvalue weighted by Gasteiger charge is -2.19. The predicted octanol–water partition coefficient (Wildman–Crippen LogP) is -0.281. The van der Waals surface area contributed by atoms with Crippen molar-refractivity contribution in [3.8, 4) is 0 Å². The number of halogens is 1. The Hall–Kier alpha value is -0.390. The summed E-state index contributed by atoms with van der Waals surface area (Å²) < 4.78 is 0. The molecule has 0 spiro atoms. The molecular weight excluding hydrogens is 170 g/mol. The lowest BCUT2D eigenvalue weighted by atomic mass is 10.4. The van der Waals surface area contributed by atoms with Crippen molar-refractivity contribution in [2.75, 3.05) is 26.0 Å². The molecule has 6 heteroatoms. The molecule has 0 heterocycles. The highest BCUT2D eigenvalue weighted by Gasteiger charge is 2.13. The van der Waals surface area contributed by atoms with E-state index in [1.54, 1.807) is 11.9 Å². The van der Waals surface area contributed by atoms with Crippen LogP contribution in [0.1, 0.15) is 0 Å². The van der Waals surface area contributed by atoms with Crippen LogP contribution in [0.4, 0.5) is 0 Å². The average molecular weight is 182 g/mol. The monoisotopic (exact) mass is 181 g/mol. The molecule has 2 N–H and O–H groups in total. The molecule has 0 aliphatic heterocycles. The molecule has 0 saturated carbocycles. The molecule has 0 rings (SSSR count). The van der Waals surface area contributed by atoms with Gasteiger partial charge in [0.25, 0.3) is 0 Å². The van der Waals surface area contributed by atoms with Crippen LogP contribution in [-0.4, -0.2) is 42.0 Å². The second-order valence-electron chi connectivity index (χ2n) is 2.25. The van der Waals surface area contributed by atoms with Gasteiger partial charge in [0.05, 0.1) is 0 Å². The van der Waals surface area contributed by atoms with Crippen molar-refractivity contribution >= 4 is 11.6 Å². The SMILES string of the molecule is CN(CCCl)C(N)C[N+](=O)[O-]. The summed E-state index contributed by atoms with van der Waals surface area (Å²) in [5.74, 6) is 0.432. The lowest BCUT2D eigenvalue weighted by Crippen LogP contribution is -2.45. The van der Waals surface area contributed by atoms with Crippen molar-refractivity contribution < 1.29 is 4.92 Å². The van der Waals surface area contributed by atoms with Crippen LogP contribution in [-0.2, 0) is 0 Å². The van der Waals surface area contributed by atoms with E-state index in [0.717, 1.165) is 0 Å². The normalized spacial score (nSPS) is 13.5. The second kappa shape index (κ2) is 5.29. The maximum atomic E-state index is 9.98. The van der Waals surface area contributed by atoms with Gasteiger partial charge >= 0.3 is 0 Å². The van der Waals surface area contributed by atoms with Crippen LogP contribution in [0.3, 0.4) is 0 Å². The highest BCUT2D eigenvalue weighted by molar-refractivity contribution is 6.18. The van der Waals surface area contributed by atoms with Gasteiger partial charge in [-0.25, -0.2) is 0 Å². The second-order valence-corrected chi connectivity index (χ2v) is 2.63. The number of alkyl halides is 1. The van der Waals surface area contributed by atoms with Gasteiger partial charge in [0, 0.05) is 17.3 Å². The zero-order valence-corrected chi connectivity index (χ0v) is 7.12. The Bertz CT molecular complexity index is 133. The number of nitrogens with two attached hydrogens (primary N) is 1. The van der Waals surface area contributed by atoms with Crippen LogP contribution in [0.5, 0.6) is 0 Å². The summed E-state index contributed by atoms with van der Waals surface area (Å²) in [6.45, 7) is 0.323. The third kappa shape index (κ3) is 4.94. The summed E-state index contributed by atoms with van der Waals surface area (Å²) in [6, 6.07) is 0. The zero-order chi connectivity index (χ0) is 8.85. The van der Waals surface area contributed by atoms with Gasteiger partial charge in [-0.1, -0.05) is 0 Å². The molecule has 0 aromatic rings. The van der Waals surface area contributed by atoms with Crippen LogP contribution < -0.4 is 5.73 Å². The van der Waals surface area contributed by atoms with E-state index in [1.165, 1.54) is 0 Å². The topological polar surface area (TPSA) is 72.4 Å². The molecule has 5 nitrogen and oxygen atoms in total. The molecule has 11 heavy (non-hydrogen) atoms. The molecular formula is C5H12ClN3O2. The van der Waals surface area contributed by atoms with Gasteiger partial charge in [-0.3, -0.25) is 15.0 Å². The molecule has 0 radical (unpaired) electrons. The van der Waals surface area contributed by atoms with E-state index in [1.807, 2.05) is 0 Å². The summed E-state index contributed by atoms with van der Waals surface area (Å²) in [7, 11) is 1.70. The first-order valence-electron chi connectivity index (χ1n) is 3.21. The minimum atomic E-state index is -0.538. The fourth-order valence-corrected chi connectivity index (χ4v) is 0.858. The molecule has 0 aliphatic rings. The minimum Gasteiger partial charge on any atom is -0.310 e. The number of hydrogen-bond acceptors (Lipinski definition) is 4. The Labute approximate surface area is 70.3 Å². The van der Waals surface area contributed by atoms with Gasteiger partial charge in [0.2, 0.25) is 6.54 Å². The molecule has 1 atom stereocenters. The van der Waals surface area contributed by atoms with Crippen molar-refractivity contribution in [3.63, 3.8) is 0 Å². The van der Waals surface area contributed by atoms with Gasteiger partial charge in [-0.2, -0.15) is 0 Å². The van der Waals surface area contributed by atoms with Crippen molar-refractivity contribution in [1.29, 1.82) is 0 Å². The molecule has 66 valence electrons. The van der Waals surface area contributed by atoms with Gasteiger partial charge in [0.15, 0.2) is 0 Å². The Balaban J connectivity index is 3.63. The summed E-state index contributed by atoms with van der Waals surface area (Å²) in [5.41, 5.74) is 5.43. The van der Waals surface area contributed by atoms with Crippen molar-refractivity contribution in [2.45, 2.75) is 6.17 Å². The van der Waals surface area contributed by atoms with E-state index in [0.29, 0.717) is 12.4 Å². The number of likely N-dealkylation sites (N-methyl/N-ethyl adjacent to an activating group) is 1. The van der Waals surface area contributed by atoms with Crippen LogP contribution in [0.15, 0.2) is 0 Å². The maximum Gasteiger partial charge on any atom is 0.231 e. The molecule has 0 saturated heterocycles. The Morgan fingerprint density at radius 2 is 2.36 bits per heavy atom. The molecule has 0 bridgehead atoms. The van der Waals surface area contributed by atoms with Crippen molar-refractivity contribution in [1.82, 2.24) is 4.90 Å². The number of nitro groups is 1. The molecule has 0 aromatic heterocycles. The van der Waals surface area contributed by atoms with E-state index in [4.69, 9.17) is 17.3 Å². The van der Waals surface area contributed by atoms with Crippen molar-refractivity contribution in [3.05, 3.63) is 10.1 Å². The fraction of sp³-hybridized carbons (Fsp3) is 1.00. The summed E-state index contributed by atoms with van der Waals surface area (Å²) >= 11 is 5.41. The quantitative estimate of drug-likeness (QED) is 0.274. The van der Waals surface area contributed by atoms with E-state index < -0.39 is 11.1 Å². The van der Waals surface area contributed by atoms with Crippen molar-refractivity contribution in [2.24, 2.45) is 5.73 Å². The van der Waals surface area contributed by atoms with Gasteiger partial charge in [0.1, 0.15) is 6.17 Å². The first kappa shape index (κ1) is 10.6. The third-order valence-corrected chi connectivity index (χ3v) is 1.51. The maximum absolute atomic E-state index is 9.98. The van der Waals surface area contributed by atoms with Crippen LogP contribution >= 0.6 is 11.6 Å². The Kier molecular flexibility index (Phi) is 5.10. The molecule has 0 aliphatic carbocycles. The molecule has 0 aromatic carbocycles. The standard InChI is InChI=1S/C5H12ClN3O2/c1-8(3-2-6)5(7)4-9(10)11/h5H,2-4,7H2,1H3. The predicted molar refractivity (Wildman–Crippen MR) is 43.2 cm³/mol. The fourth-order valence-electron chi connectivity index (χ4n) is 0.591. The first-order chi connectivity index (χ1) is 5.07. The lowest BCUT2D eigenvalue weighted by molar-refractivity contribution is -0.486. The van der Waals surface area contributed by atoms with Gasteiger partial charge < -0.3 is 5.73 Å². The molecule has 0 amide bonds. The number of rotatable bonds is 5. The zero-order valence-electron chi connectivity index (χ0n) is 6.36. The summed E-state index contributed by atoms with van der Waals surface area (Å²) in [4.78, 5) is 11.2.